The van der Waals surface area contributed by atoms with E-state index in [9.17, 15) is 4.79 Å². The molecule has 0 saturated heterocycles. The van der Waals surface area contributed by atoms with Crippen molar-refractivity contribution in [3.05, 3.63) is 86.3 Å². The van der Waals surface area contributed by atoms with E-state index in [1.165, 1.54) is 35.1 Å². The number of rotatable bonds is 4. The molecule has 168 valence electrons. The zero-order valence-corrected chi connectivity index (χ0v) is 20.7. The number of benzene rings is 2. The molecule has 4 rings (SSSR count). The summed E-state index contributed by atoms with van der Waals surface area (Å²) < 4.78 is 5.90. The molecule has 0 bridgehead atoms. The van der Waals surface area contributed by atoms with Gasteiger partial charge in [-0.3, -0.25) is 4.79 Å². The van der Waals surface area contributed by atoms with Gasteiger partial charge < -0.3 is 9.73 Å². The number of amides is 1. The molecule has 0 saturated carbocycles. The molecule has 3 aromatic rings. The molecule has 1 aromatic heterocycles. The molecule has 1 aliphatic rings. The molecule has 5 heteroatoms. The number of hydrogen-bond acceptors (Lipinski definition) is 2. The third-order valence-corrected chi connectivity index (χ3v) is 7.39. The van der Waals surface area contributed by atoms with Gasteiger partial charge in [0.15, 0.2) is 5.76 Å². The van der Waals surface area contributed by atoms with Crippen LogP contribution in [-0.2, 0) is 17.3 Å². The molecule has 1 heterocycles. The lowest BCUT2D eigenvalue weighted by atomic mass is 9.62. The molecule has 1 N–H and O–H groups in total. The van der Waals surface area contributed by atoms with E-state index in [0.717, 1.165) is 5.76 Å². The fraction of sp³-hybridized carbons (Fsp3) is 0.370. The second kappa shape index (κ2) is 8.28. The van der Waals surface area contributed by atoms with E-state index in [-0.39, 0.29) is 22.5 Å². The number of fused-ring (bicyclic) bond motifs is 1. The van der Waals surface area contributed by atoms with Crippen LogP contribution in [0.15, 0.2) is 46.9 Å². The van der Waals surface area contributed by atoms with Crippen LogP contribution in [0.25, 0.3) is 0 Å². The first-order chi connectivity index (χ1) is 15.0. The van der Waals surface area contributed by atoms with Gasteiger partial charge in [0.2, 0.25) is 0 Å². The lowest BCUT2D eigenvalue weighted by molar-refractivity contribution is 0.0995. The van der Waals surface area contributed by atoms with Crippen molar-refractivity contribution < 1.29 is 9.21 Å². The maximum atomic E-state index is 12.7. The Bertz CT molecular complexity index is 1170. The third kappa shape index (κ3) is 4.33. The van der Waals surface area contributed by atoms with Crippen molar-refractivity contribution >= 4 is 34.8 Å². The largest absolute Gasteiger partial charge is 0.456 e. The number of anilines is 1. The van der Waals surface area contributed by atoms with Gasteiger partial charge >= 0.3 is 0 Å². The SMILES string of the molecule is Cc1cc2c(cc1Cc1ccc(C(=O)Nc3c(Cl)cccc3Cl)o1)C(C)(C)CCC2(C)C. The first-order valence-corrected chi connectivity index (χ1v) is 11.7. The highest BCUT2D eigenvalue weighted by Gasteiger charge is 2.37. The minimum absolute atomic E-state index is 0.149. The number of aryl methyl sites for hydroxylation is 1. The minimum Gasteiger partial charge on any atom is -0.456 e. The predicted molar refractivity (Wildman–Crippen MR) is 132 cm³/mol. The number of carbonyl (C=O) groups is 1. The van der Waals surface area contributed by atoms with Crippen molar-refractivity contribution in [2.45, 2.75) is 64.7 Å². The highest BCUT2D eigenvalue weighted by atomic mass is 35.5. The fourth-order valence-electron chi connectivity index (χ4n) is 4.53. The molecule has 1 amide bonds. The average molecular weight is 470 g/mol. The molecule has 0 atom stereocenters. The van der Waals surface area contributed by atoms with Gasteiger partial charge in [-0.05, 0) is 77.1 Å². The van der Waals surface area contributed by atoms with Crippen LogP contribution in [0.2, 0.25) is 10.0 Å². The van der Waals surface area contributed by atoms with Crippen LogP contribution in [0.3, 0.4) is 0 Å². The molecule has 0 aliphatic heterocycles. The number of carbonyl (C=O) groups excluding carboxylic acids is 1. The average Bonchev–Trinajstić information content (AvgIpc) is 3.18. The van der Waals surface area contributed by atoms with Crippen LogP contribution < -0.4 is 5.32 Å². The molecule has 0 unspecified atom stereocenters. The Balaban J connectivity index is 1.58. The Morgan fingerprint density at radius 1 is 0.969 bits per heavy atom. The third-order valence-electron chi connectivity index (χ3n) is 6.76. The number of halogens is 2. The molecule has 0 fully saturated rings. The van der Waals surface area contributed by atoms with Gasteiger partial charge in [0, 0.05) is 6.42 Å². The lowest BCUT2D eigenvalue weighted by Gasteiger charge is -2.42. The van der Waals surface area contributed by atoms with Crippen molar-refractivity contribution in [3.8, 4) is 0 Å². The zero-order chi connectivity index (χ0) is 23.3. The van der Waals surface area contributed by atoms with E-state index < -0.39 is 0 Å². The highest BCUT2D eigenvalue weighted by Crippen LogP contribution is 2.46. The Kier molecular flexibility index (Phi) is 5.94. The Hall–Kier alpha value is -2.23. The van der Waals surface area contributed by atoms with Gasteiger partial charge in [0.1, 0.15) is 5.76 Å². The second-order valence-electron chi connectivity index (χ2n) is 10.1. The Morgan fingerprint density at radius 2 is 1.56 bits per heavy atom. The zero-order valence-electron chi connectivity index (χ0n) is 19.2. The predicted octanol–water partition coefficient (Wildman–Crippen LogP) is 8.09. The summed E-state index contributed by atoms with van der Waals surface area (Å²) in [5, 5.41) is 3.51. The van der Waals surface area contributed by atoms with Crippen LogP contribution in [-0.4, -0.2) is 5.91 Å². The summed E-state index contributed by atoms with van der Waals surface area (Å²) in [5.74, 6) is 0.598. The van der Waals surface area contributed by atoms with Crippen molar-refractivity contribution in [3.63, 3.8) is 0 Å². The van der Waals surface area contributed by atoms with Gasteiger partial charge in [0.05, 0.1) is 15.7 Å². The lowest BCUT2D eigenvalue weighted by Crippen LogP contribution is -2.34. The van der Waals surface area contributed by atoms with E-state index in [1.807, 2.05) is 6.07 Å². The Morgan fingerprint density at radius 3 is 2.19 bits per heavy atom. The van der Waals surface area contributed by atoms with Crippen LogP contribution >= 0.6 is 23.2 Å². The maximum absolute atomic E-state index is 12.7. The summed E-state index contributed by atoms with van der Waals surface area (Å²) in [5.41, 5.74) is 6.07. The van der Waals surface area contributed by atoms with Crippen molar-refractivity contribution in [2.24, 2.45) is 0 Å². The van der Waals surface area contributed by atoms with Crippen molar-refractivity contribution in [2.75, 3.05) is 5.32 Å². The Labute approximate surface area is 200 Å². The monoisotopic (exact) mass is 469 g/mol. The van der Waals surface area contributed by atoms with Crippen LogP contribution in [0, 0.1) is 6.92 Å². The van der Waals surface area contributed by atoms with Gasteiger partial charge in [-0.2, -0.15) is 0 Å². The first kappa shape index (κ1) is 22.9. The van der Waals surface area contributed by atoms with Crippen molar-refractivity contribution in [1.82, 2.24) is 0 Å². The molecular formula is C27H29Cl2NO2. The number of para-hydroxylation sites is 1. The molecule has 1 aliphatic carbocycles. The van der Waals surface area contributed by atoms with Gasteiger partial charge in [-0.1, -0.05) is 69.1 Å². The van der Waals surface area contributed by atoms with E-state index in [2.05, 4.69) is 52.1 Å². The van der Waals surface area contributed by atoms with Crippen LogP contribution in [0.5, 0.6) is 0 Å². The van der Waals surface area contributed by atoms with Crippen molar-refractivity contribution in [1.29, 1.82) is 0 Å². The summed E-state index contributed by atoms with van der Waals surface area (Å²) >= 11 is 12.3. The molecule has 32 heavy (non-hydrogen) atoms. The number of nitrogens with one attached hydrogen (secondary N) is 1. The minimum atomic E-state index is -0.378. The summed E-state index contributed by atoms with van der Waals surface area (Å²) in [4.78, 5) is 12.7. The molecule has 0 radical (unpaired) electrons. The first-order valence-electron chi connectivity index (χ1n) is 11.0. The van der Waals surface area contributed by atoms with Gasteiger partial charge in [0.25, 0.3) is 5.91 Å². The highest BCUT2D eigenvalue weighted by molar-refractivity contribution is 6.39. The van der Waals surface area contributed by atoms with Gasteiger partial charge in [-0.25, -0.2) is 0 Å². The normalized spacial score (nSPS) is 16.5. The summed E-state index contributed by atoms with van der Waals surface area (Å²) in [6.45, 7) is 11.5. The summed E-state index contributed by atoms with van der Waals surface area (Å²) in [6, 6.07) is 13.3. The molecule has 3 nitrogen and oxygen atoms in total. The molecular weight excluding hydrogens is 441 g/mol. The van der Waals surface area contributed by atoms with Crippen LogP contribution in [0.1, 0.15) is 79.1 Å². The topological polar surface area (TPSA) is 42.2 Å². The number of hydrogen-bond donors (Lipinski definition) is 1. The maximum Gasteiger partial charge on any atom is 0.291 e. The molecule has 2 aromatic carbocycles. The van der Waals surface area contributed by atoms with Crippen LogP contribution in [0.4, 0.5) is 5.69 Å². The van der Waals surface area contributed by atoms with E-state index in [1.54, 1.807) is 24.3 Å². The quantitative estimate of drug-likeness (QED) is 0.419. The van der Waals surface area contributed by atoms with E-state index >= 15 is 0 Å². The fourth-order valence-corrected chi connectivity index (χ4v) is 5.02. The van der Waals surface area contributed by atoms with E-state index in [4.69, 9.17) is 27.6 Å². The van der Waals surface area contributed by atoms with Gasteiger partial charge in [-0.15, -0.1) is 0 Å². The molecule has 0 spiro atoms. The standard InChI is InChI=1S/C27H29Cl2NO2/c1-16-13-19-20(27(4,5)12-11-26(19,2)3)15-17(16)14-18-9-10-23(32-18)25(31)30-24-21(28)7-6-8-22(24)29/h6-10,13,15H,11-12,14H2,1-5H3,(H,30,31). The smallest absolute Gasteiger partial charge is 0.291 e. The summed E-state index contributed by atoms with van der Waals surface area (Å²) in [7, 11) is 0. The summed E-state index contributed by atoms with van der Waals surface area (Å²) in [6.07, 6.45) is 3.00. The number of furan rings is 1. The van der Waals surface area contributed by atoms with E-state index in [0.29, 0.717) is 22.2 Å². The second-order valence-corrected chi connectivity index (χ2v) is 10.9.